The molecule has 1 atom stereocenters. The molecule has 0 saturated carbocycles. The van der Waals surface area contributed by atoms with Crippen LogP contribution in [0.4, 0.5) is 0 Å². The Hall–Kier alpha value is -0.960. The molecule has 10 heavy (non-hydrogen) atoms. The third-order valence-electron chi connectivity index (χ3n) is 1.42. The van der Waals surface area contributed by atoms with Crippen molar-refractivity contribution in [1.82, 2.24) is 9.97 Å². The molecular weight excluding hydrogens is 126 g/mol. The Balaban J connectivity index is 2.75. The van der Waals surface area contributed by atoms with Gasteiger partial charge in [-0.05, 0) is 12.5 Å². The summed E-state index contributed by atoms with van der Waals surface area (Å²) in [4.78, 5) is 7.81. The molecule has 0 radical (unpaired) electrons. The van der Waals surface area contributed by atoms with E-state index in [1.54, 1.807) is 6.20 Å². The van der Waals surface area contributed by atoms with Gasteiger partial charge in [-0.15, -0.1) is 0 Å². The Kier molecular flexibility index (Phi) is 2.34. The van der Waals surface area contributed by atoms with Crippen LogP contribution < -0.4 is 5.73 Å². The van der Waals surface area contributed by atoms with Crippen LogP contribution in [0.3, 0.4) is 0 Å². The van der Waals surface area contributed by atoms with Crippen LogP contribution in [-0.4, -0.2) is 9.97 Å². The molecular formula is C7H11N3. The second-order valence-corrected chi connectivity index (χ2v) is 2.15. The highest BCUT2D eigenvalue weighted by molar-refractivity contribution is 5.02. The van der Waals surface area contributed by atoms with Crippen LogP contribution in [0.5, 0.6) is 0 Å². The van der Waals surface area contributed by atoms with Gasteiger partial charge in [-0.3, -0.25) is 0 Å². The van der Waals surface area contributed by atoms with Gasteiger partial charge in [-0.1, -0.05) is 6.92 Å². The first-order valence-electron chi connectivity index (χ1n) is 3.36. The molecule has 0 amide bonds. The van der Waals surface area contributed by atoms with E-state index in [9.17, 15) is 0 Å². The molecule has 0 fully saturated rings. The van der Waals surface area contributed by atoms with Gasteiger partial charge in [0.2, 0.25) is 0 Å². The van der Waals surface area contributed by atoms with Gasteiger partial charge in [0.05, 0.1) is 5.69 Å². The second kappa shape index (κ2) is 3.27. The molecule has 3 heteroatoms. The largest absolute Gasteiger partial charge is 0.323 e. The molecule has 3 nitrogen and oxygen atoms in total. The van der Waals surface area contributed by atoms with E-state index in [0.29, 0.717) is 0 Å². The molecule has 0 spiro atoms. The standard InChI is InChI=1S/C7H11N3/c1-2-6(8)7-3-4-9-5-10-7/h3-6H,2,8H2,1H3/t6-/m0/s1. The zero-order valence-electron chi connectivity index (χ0n) is 5.99. The molecule has 0 aliphatic heterocycles. The third kappa shape index (κ3) is 1.51. The van der Waals surface area contributed by atoms with Gasteiger partial charge in [0.1, 0.15) is 6.33 Å². The van der Waals surface area contributed by atoms with E-state index in [-0.39, 0.29) is 6.04 Å². The van der Waals surface area contributed by atoms with E-state index in [1.807, 2.05) is 13.0 Å². The summed E-state index contributed by atoms with van der Waals surface area (Å²) in [5, 5.41) is 0. The van der Waals surface area contributed by atoms with Gasteiger partial charge in [-0.2, -0.15) is 0 Å². The van der Waals surface area contributed by atoms with Crippen molar-refractivity contribution in [2.24, 2.45) is 5.73 Å². The van der Waals surface area contributed by atoms with Crippen molar-refractivity contribution < 1.29 is 0 Å². The normalized spacial score (nSPS) is 13.0. The summed E-state index contributed by atoms with van der Waals surface area (Å²) in [6.45, 7) is 2.03. The Morgan fingerprint density at radius 1 is 1.70 bits per heavy atom. The summed E-state index contributed by atoms with van der Waals surface area (Å²) in [6.07, 6.45) is 4.14. The van der Waals surface area contributed by atoms with Gasteiger partial charge in [-0.25, -0.2) is 9.97 Å². The highest BCUT2D eigenvalue weighted by atomic mass is 14.8. The monoisotopic (exact) mass is 137 g/mol. The van der Waals surface area contributed by atoms with Crippen LogP contribution in [0.15, 0.2) is 18.6 Å². The van der Waals surface area contributed by atoms with Gasteiger partial charge in [0.25, 0.3) is 0 Å². The molecule has 0 aromatic carbocycles. The molecule has 54 valence electrons. The first kappa shape index (κ1) is 7.15. The Morgan fingerprint density at radius 3 is 3.00 bits per heavy atom. The summed E-state index contributed by atoms with van der Waals surface area (Å²) in [7, 11) is 0. The fourth-order valence-electron chi connectivity index (χ4n) is 0.729. The molecule has 1 aromatic heterocycles. The van der Waals surface area contributed by atoms with Crippen molar-refractivity contribution in [1.29, 1.82) is 0 Å². The van der Waals surface area contributed by atoms with Crippen molar-refractivity contribution in [3.05, 3.63) is 24.3 Å². The molecule has 0 unspecified atom stereocenters. The maximum atomic E-state index is 5.70. The van der Waals surface area contributed by atoms with Crippen LogP contribution in [-0.2, 0) is 0 Å². The Bertz CT molecular complexity index is 185. The average Bonchev–Trinajstić information content (AvgIpc) is 2.05. The average molecular weight is 137 g/mol. The number of rotatable bonds is 2. The molecule has 0 aliphatic carbocycles. The van der Waals surface area contributed by atoms with Crippen LogP contribution >= 0.6 is 0 Å². The Morgan fingerprint density at radius 2 is 2.50 bits per heavy atom. The predicted molar refractivity (Wildman–Crippen MR) is 39.3 cm³/mol. The van der Waals surface area contributed by atoms with Gasteiger partial charge >= 0.3 is 0 Å². The molecule has 2 N–H and O–H groups in total. The van der Waals surface area contributed by atoms with E-state index in [2.05, 4.69) is 9.97 Å². The highest BCUT2D eigenvalue weighted by Crippen LogP contribution is 2.07. The summed E-state index contributed by atoms with van der Waals surface area (Å²) in [5.74, 6) is 0. The SMILES string of the molecule is CC[C@H](N)c1ccncn1. The summed E-state index contributed by atoms with van der Waals surface area (Å²) in [5.41, 5.74) is 6.62. The van der Waals surface area contributed by atoms with Gasteiger partial charge < -0.3 is 5.73 Å². The van der Waals surface area contributed by atoms with Crippen LogP contribution in [0.2, 0.25) is 0 Å². The second-order valence-electron chi connectivity index (χ2n) is 2.15. The number of nitrogens with two attached hydrogens (primary N) is 1. The van der Waals surface area contributed by atoms with Crippen LogP contribution in [0.25, 0.3) is 0 Å². The molecule has 0 bridgehead atoms. The lowest BCUT2D eigenvalue weighted by molar-refractivity contribution is 0.672. The first-order chi connectivity index (χ1) is 4.84. The topological polar surface area (TPSA) is 51.8 Å². The number of nitrogens with zero attached hydrogens (tertiary/aromatic N) is 2. The lowest BCUT2D eigenvalue weighted by atomic mass is 10.2. The summed E-state index contributed by atoms with van der Waals surface area (Å²) >= 11 is 0. The summed E-state index contributed by atoms with van der Waals surface area (Å²) < 4.78 is 0. The predicted octanol–water partition coefficient (Wildman–Crippen LogP) is 0.886. The van der Waals surface area contributed by atoms with E-state index in [1.165, 1.54) is 6.33 Å². The van der Waals surface area contributed by atoms with Gasteiger partial charge in [0.15, 0.2) is 0 Å². The lowest BCUT2D eigenvalue weighted by Crippen LogP contribution is -2.10. The quantitative estimate of drug-likeness (QED) is 0.658. The molecule has 1 heterocycles. The van der Waals surface area contributed by atoms with Crippen molar-refractivity contribution in [3.63, 3.8) is 0 Å². The molecule has 1 rings (SSSR count). The molecule has 1 aromatic rings. The lowest BCUT2D eigenvalue weighted by Gasteiger charge is -2.05. The number of aromatic nitrogens is 2. The molecule has 0 aliphatic rings. The van der Waals surface area contributed by atoms with Crippen LogP contribution in [0.1, 0.15) is 25.1 Å². The smallest absolute Gasteiger partial charge is 0.115 e. The number of hydrogen-bond acceptors (Lipinski definition) is 3. The fourth-order valence-corrected chi connectivity index (χ4v) is 0.729. The maximum absolute atomic E-state index is 5.70. The minimum atomic E-state index is 0.0583. The minimum absolute atomic E-state index is 0.0583. The zero-order valence-corrected chi connectivity index (χ0v) is 5.99. The van der Waals surface area contributed by atoms with Crippen molar-refractivity contribution in [2.45, 2.75) is 19.4 Å². The van der Waals surface area contributed by atoms with Crippen LogP contribution in [0, 0.1) is 0 Å². The third-order valence-corrected chi connectivity index (χ3v) is 1.42. The summed E-state index contributed by atoms with van der Waals surface area (Å²) in [6, 6.07) is 1.90. The maximum Gasteiger partial charge on any atom is 0.115 e. The van der Waals surface area contributed by atoms with E-state index in [4.69, 9.17) is 5.73 Å². The van der Waals surface area contributed by atoms with Gasteiger partial charge in [0, 0.05) is 12.2 Å². The van der Waals surface area contributed by atoms with Crippen molar-refractivity contribution >= 4 is 0 Å². The Labute approximate surface area is 60.3 Å². The fraction of sp³-hybridized carbons (Fsp3) is 0.429. The van der Waals surface area contributed by atoms with Crippen molar-refractivity contribution in [2.75, 3.05) is 0 Å². The number of hydrogen-bond donors (Lipinski definition) is 1. The zero-order chi connectivity index (χ0) is 7.40. The van der Waals surface area contributed by atoms with E-state index < -0.39 is 0 Å². The van der Waals surface area contributed by atoms with Crippen molar-refractivity contribution in [3.8, 4) is 0 Å². The molecule has 0 saturated heterocycles. The minimum Gasteiger partial charge on any atom is -0.323 e. The van der Waals surface area contributed by atoms with E-state index in [0.717, 1.165) is 12.1 Å². The first-order valence-corrected chi connectivity index (χ1v) is 3.36. The highest BCUT2D eigenvalue weighted by Gasteiger charge is 2.01. The van der Waals surface area contributed by atoms with E-state index >= 15 is 0 Å².